The molecule has 0 spiro atoms. The minimum absolute atomic E-state index is 0.199. The van der Waals surface area contributed by atoms with Gasteiger partial charge in [-0.15, -0.1) is 11.3 Å². The molecule has 2 aliphatic rings. The number of hydrogen-bond donors (Lipinski definition) is 0. The van der Waals surface area contributed by atoms with E-state index in [0.29, 0.717) is 81.8 Å². The van der Waals surface area contributed by atoms with Gasteiger partial charge in [-0.2, -0.15) is 4.31 Å². The Bertz CT molecular complexity index is 1610. The predicted molar refractivity (Wildman–Crippen MR) is 155 cm³/mol. The summed E-state index contributed by atoms with van der Waals surface area (Å²) in [7, 11) is -5.07. The summed E-state index contributed by atoms with van der Waals surface area (Å²) in [5, 5.41) is 0. The Labute approximate surface area is 238 Å². The number of sulfone groups is 1. The Morgan fingerprint density at radius 3 is 2.35 bits per heavy atom. The van der Waals surface area contributed by atoms with Crippen LogP contribution in [0, 0.1) is 6.92 Å². The first-order chi connectivity index (χ1) is 18.9. The van der Waals surface area contributed by atoms with Crippen molar-refractivity contribution in [1.82, 2.24) is 24.2 Å². The van der Waals surface area contributed by atoms with Gasteiger partial charge in [-0.1, -0.05) is 0 Å². The Morgan fingerprint density at radius 1 is 1.02 bits per heavy atom. The summed E-state index contributed by atoms with van der Waals surface area (Å²) < 4.78 is 61.5. The van der Waals surface area contributed by atoms with Crippen LogP contribution in [0.25, 0.3) is 21.5 Å². The number of aromatic nitrogens is 3. The SMILES string of the molecule is COc1ncc(-c2nc(N3CCOCC3)nc3c(CN4CCN(S(C)(=O)=O)CC4)c(C)sc23)cc1CS(C)(=O)=O. The average Bonchev–Trinajstić information content (AvgIpc) is 3.22. The molecule has 5 rings (SSSR count). The minimum Gasteiger partial charge on any atom is -0.481 e. The van der Waals surface area contributed by atoms with E-state index in [9.17, 15) is 16.8 Å². The highest BCUT2D eigenvalue weighted by molar-refractivity contribution is 7.89. The lowest BCUT2D eigenvalue weighted by Crippen LogP contribution is -2.47. The molecule has 40 heavy (non-hydrogen) atoms. The van der Waals surface area contributed by atoms with Gasteiger partial charge in [-0.3, -0.25) is 4.90 Å². The summed E-state index contributed by atoms with van der Waals surface area (Å²) in [6.45, 7) is 7.38. The number of hydrogen-bond acceptors (Lipinski definition) is 12. The zero-order valence-electron chi connectivity index (χ0n) is 23.1. The predicted octanol–water partition coefficient (Wildman–Crippen LogP) is 1.53. The number of fused-ring (bicyclic) bond motifs is 1. The molecule has 0 bridgehead atoms. The number of aryl methyl sites for hydroxylation is 1. The molecule has 2 saturated heterocycles. The van der Waals surface area contributed by atoms with Crippen molar-refractivity contribution < 1.29 is 26.3 Å². The van der Waals surface area contributed by atoms with Crippen LogP contribution in [0.5, 0.6) is 5.88 Å². The van der Waals surface area contributed by atoms with Crippen molar-refractivity contribution in [3.05, 3.63) is 28.3 Å². The molecule has 3 aromatic heterocycles. The fourth-order valence-electron chi connectivity index (χ4n) is 5.05. The van der Waals surface area contributed by atoms with E-state index in [-0.39, 0.29) is 11.6 Å². The van der Waals surface area contributed by atoms with E-state index >= 15 is 0 Å². The number of ether oxygens (including phenoxy) is 2. The second-order valence-electron chi connectivity index (χ2n) is 10.2. The summed E-state index contributed by atoms with van der Waals surface area (Å²) in [4.78, 5) is 19.9. The third kappa shape index (κ3) is 6.39. The lowest BCUT2D eigenvalue weighted by Gasteiger charge is -2.33. The van der Waals surface area contributed by atoms with E-state index in [1.54, 1.807) is 23.6 Å². The summed E-state index contributed by atoms with van der Waals surface area (Å²) in [6.07, 6.45) is 4.10. The first-order valence-corrected chi connectivity index (χ1v) is 17.7. The van der Waals surface area contributed by atoms with Crippen LogP contribution in [-0.2, 0) is 36.9 Å². The molecule has 5 heterocycles. The standard InChI is InChI=1S/C25H34N6O6S3/c1-17-20(15-29-5-7-31(8-6-29)40(4,34)35)22-23(38-17)21(27-25(28-22)30-9-11-37-12-10-30)18-13-19(16-39(3,32)33)24(36-2)26-14-18/h13-14H,5-12,15-16H2,1-4H3. The van der Waals surface area contributed by atoms with Crippen molar-refractivity contribution in [2.24, 2.45) is 0 Å². The molecule has 0 amide bonds. The fraction of sp³-hybridized carbons (Fsp3) is 0.560. The molecular weight excluding hydrogens is 577 g/mol. The molecule has 12 nitrogen and oxygen atoms in total. The van der Waals surface area contributed by atoms with Gasteiger partial charge in [-0.25, -0.2) is 31.8 Å². The Hall–Kier alpha value is -2.43. The highest BCUT2D eigenvalue weighted by Crippen LogP contribution is 2.39. The van der Waals surface area contributed by atoms with E-state index in [2.05, 4.69) is 21.7 Å². The van der Waals surface area contributed by atoms with Crippen LogP contribution in [0.15, 0.2) is 12.3 Å². The molecule has 15 heteroatoms. The van der Waals surface area contributed by atoms with Crippen molar-refractivity contribution in [2.75, 3.05) is 77.0 Å². The lowest BCUT2D eigenvalue weighted by atomic mass is 10.1. The van der Waals surface area contributed by atoms with Crippen LogP contribution in [0.1, 0.15) is 16.0 Å². The number of morpholine rings is 1. The van der Waals surface area contributed by atoms with Crippen LogP contribution in [-0.4, -0.2) is 113 Å². The smallest absolute Gasteiger partial charge is 0.226 e. The van der Waals surface area contributed by atoms with E-state index in [4.69, 9.17) is 19.4 Å². The fourth-order valence-corrected chi connectivity index (χ4v) is 7.76. The van der Waals surface area contributed by atoms with Crippen molar-refractivity contribution in [1.29, 1.82) is 0 Å². The molecule has 2 aliphatic heterocycles. The summed E-state index contributed by atoms with van der Waals surface area (Å²) >= 11 is 1.60. The van der Waals surface area contributed by atoms with Gasteiger partial charge in [0.15, 0.2) is 9.84 Å². The van der Waals surface area contributed by atoms with Gasteiger partial charge in [0.1, 0.15) is 0 Å². The van der Waals surface area contributed by atoms with E-state index in [1.165, 1.54) is 23.9 Å². The van der Waals surface area contributed by atoms with Crippen LogP contribution in [0.4, 0.5) is 5.95 Å². The molecule has 0 atom stereocenters. The second kappa shape index (κ2) is 11.4. The van der Waals surface area contributed by atoms with Gasteiger partial charge in [0.25, 0.3) is 0 Å². The first-order valence-electron chi connectivity index (χ1n) is 12.9. The minimum atomic E-state index is -3.33. The molecule has 0 aromatic carbocycles. The van der Waals surface area contributed by atoms with Gasteiger partial charge in [0.05, 0.1) is 48.2 Å². The number of rotatable bonds is 8. The maximum absolute atomic E-state index is 12.1. The molecule has 2 fully saturated rings. The van der Waals surface area contributed by atoms with Gasteiger partial charge in [0.2, 0.25) is 21.9 Å². The van der Waals surface area contributed by atoms with Crippen LogP contribution >= 0.6 is 11.3 Å². The second-order valence-corrected chi connectivity index (χ2v) is 15.5. The number of methoxy groups -OCH3 is 1. The number of pyridine rings is 1. The number of sulfonamides is 1. The molecule has 3 aromatic rings. The van der Waals surface area contributed by atoms with E-state index < -0.39 is 19.9 Å². The van der Waals surface area contributed by atoms with Gasteiger partial charge >= 0.3 is 0 Å². The quantitative estimate of drug-likeness (QED) is 0.367. The maximum atomic E-state index is 12.1. The molecule has 0 radical (unpaired) electrons. The lowest BCUT2D eigenvalue weighted by molar-refractivity contribution is 0.122. The molecule has 0 aliphatic carbocycles. The zero-order valence-corrected chi connectivity index (χ0v) is 25.5. The van der Waals surface area contributed by atoms with Crippen molar-refractivity contribution in [3.63, 3.8) is 0 Å². The molecule has 0 N–H and O–H groups in total. The Balaban J connectivity index is 1.58. The van der Waals surface area contributed by atoms with Crippen LogP contribution < -0.4 is 9.64 Å². The third-order valence-corrected chi connectivity index (χ3v) is 10.4. The number of nitrogens with zero attached hydrogens (tertiary/aromatic N) is 6. The number of thiophene rings is 1. The highest BCUT2D eigenvalue weighted by atomic mass is 32.2. The topological polar surface area (TPSA) is 135 Å². The monoisotopic (exact) mass is 610 g/mol. The molecular formula is C25H34N6O6S3. The summed E-state index contributed by atoms with van der Waals surface area (Å²) in [5.74, 6) is 0.659. The number of piperazine rings is 1. The van der Waals surface area contributed by atoms with Gasteiger partial charge in [0, 0.05) is 79.8 Å². The van der Waals surface area contributed by atoms with E-state index in [0.717, 1.165) is 20.7 Å². The Morgan fingerprint density at radius 2 is 1.73 bits per heavy atom. The average molecular weight is 611 g/mol. The largest absolute Gasteiger partial charge is 0.481 e. The van der Waals surface area contributed by atoms with Crippen molar-refractivity contribution in [3.8, 4) is 17.1 Å². The third-order valence-electron chi connectivity index (χ3n) is 7.11. The van der Waals surface area contributed by atoms with Gasteiger partial charge in [-0.05, 0) is 13.0 Å². The normalized spacial score (nSPS) is 17.9. The molecule has 0 unspecified atom stereocenters. The van der Waals surface area contributed by atoms with Crippen molar-refractivity contribution in [2.45, 2.75) is 19.2 Å². The maximum Gasteiger partial charge on any atom is 0.226 e. The molecule has 218 valence electrons. The van der Waals surface area contributed by atoms with Crippen LogP contribution in [0.2, 0.25) is 0 Å². The number of anilines is 1. The highest BCUT2D eigenvalue weighted by Gasteiger charge is 2.27. The summed E-state index contributed by atoms with van der Waals surface area (Å²) in [5.41, 5.74) is 3.79. The van der Waals surface area contributed by atoms with E-state index in [1.807, 2.05) is 0 Å². The van der Waals surface area contributed by atoms with Gasteiger partial charge < -0.3 is 14.4 Å². The zero-order chi connectivity index (χ0) is 28.7. The Kier molecular flexibility index (Phi) is 8.32. The van der Waals surface area contributed by atoms with Crippen molar-refractivity contribution >= 4 is 47.4 Å². The first kappa shape index (κ1) is 29.1. The molecule has 0 saturated carbocycles. The van der Waals surface area contributed by atoms with Crippen LogP contribution in [0.3, 0.4) is 0 Å². The summed E-state index contributed by atoms with van der Waals surface area (Å²) in [6, 6.07) is 1.79.